The van der Waals surface area contributed by atoms with E-state index >= 15 is 0 Å². The SMILES string of the molecule is O=[N+]([O-])C1Cc2cc(Br)c3ccccc3c2OC1c1cc(F)c(F)cc1F. The number of hydrogen-bond acceptors (Lipinski definition) is 3. The minimum atomic E-state index is -1.38. The van der Waals surface area contributed by atoms with E-state index in [-0.39, 0.29) is 12.0 Å². The molecule has 2 atom stereocenters. The molecule has 8 heteroatoms. The molecule has 1 heterocycles. The number of ether oxygens (including phenoxy) is 1. The Morgan fingerprint density at radius 2 is 1.70 bits per heavy atom. The fourth-order valence-corrected chi connectivity index (χ4v) is 4.02. The Kier molecular flexibility index (Phi) is 4.30. The zero-order valence-corrected chi connectivity index (χ0v) is 15.2. The molecule has 0 saturated carbocycles. The van der Waals surface area contributed by atoms with E-state index in [1.807, 2.05) is 12.1 Å². The second kappa shape index (κ2) is 6.53. The van der Waals surface area contributed by atoms with Crippen molar-refractivity contribution in [3.05, 3.63) is 85.6 Å². The maximum atomic E-state index is 14.3. The molecule has 0 bridgehead atoms. The zero-order valence-electron chi connectivity index (χ0n) is 13.6. The lowest BCUT2D eigenvalue weighted by atomic mass is 9.91. The number of hydrogen-bond donors (Lipinski definition) is 0. The van der Waals surface area contributed by atoms with Gasteiger partial charge in [-0.1, -0.05) is 40.2 Å². The van der Waals surface area contributed by atoms with Crippen molar-refractivity contribution in [2.45, 2.75) is 18.6 Å². The van der Waals surface area contributed by atoms with Gasteiger partial charge in [-0.15, -0.1) is 0 Å². The fraction of sp³-hybridized carbons (Fsp3) is 0.158. The predicted molar refractivity (Wildman–Crippen MR) is 95.8 cm³/mol. The molecule has 0 fully saturated rings. The Balaban J connectivity index is 1.91. The van der Waals surface area contributed by atoms with Gasteiger partial charge < -0.3 is 4.74 Å². The summed E-state index contributed by atoms with van der Waals surface area (Å²) in [4.78, 5) is 11.0. The number of halogens is 4. The molecular weight excluding hydrogens is 427 g/mol. The summed E-state index contributed by atoms with van der Waals surface area (Å²) in [6, 6.07) is 8.62. The summed E-state index contributed by atoms with van der Waals surface area (Å²) in [5.41, 5.74) is 0.203. The average Bonchev–Trinajstić information content (AvgIpc) is 2.64. The van der Waals surface area contributed by atoms with Crippen LogP contribution in [0.5, 0.6) is 5.75 Å². The van der Waals surface area contributed by atoms with E-state index in [2.05, 4.69) is 15.9 Å². The number of benzene rings is 3. The summed E-state index contributed by atoms with van der Waals surface area (Å²) in [7, 11) is 0. The first kappa shape index (κ1) is 17.8. The van der Waals surface area contributed by atoms with Crippen molar-refractivity contribution in [2.75, 3.05) is 0 Å². The van der Waals surface area contributed by atoms with Gasteiger partial charge in [0, 0.05) is 38.4 Å². The topological polar surface area (TPSA) is 52.4 Å². The quantitative estimate of drug-likeness (QED) is 0.308. The summed E-state index contributed by atoms with van der Waals surface area (Å²) in [6.45, 7) is 0. The van der Waals surface area contributed by atoms with E-state index in [9.17, 15) is 23.3 Å². The highest BCUT2D eigenvalue weighted by atomic mass is 79.9. The largest absolute Gasteiger partial charge is 0.477 e. The molecule has 0 amide bonds. The highest BCUT2D eigenvalue weighted by molar-refractivity contribution is 9.10. The highest BCUT2D eigenvalue weighted by Gasteiger charge is 2.42. The molecule has 4 nitrogen and oxygen atoms in total. The van der Waals surface area contributed by atoms with Gasteiger partial charge in [-0.2, -0.15) is 0 Å². The van der Waals surface area contributed by atoms with E-state index in [1.54, 1.807) is 18.2 Å². The molecule has 27 heavy (non-hydrogen) atoms. The molecule has 3 aromatic rings. The lowest BCUT2D eigenvalue weighted by Crippen LogP contribution is -2.37. The predicted octanol–water partition coefficient (Wildman–Crippen LogP) is 5.34. The molecule has 4 rings (SSSR count). The molecule has 0 spiro atoms. The summed E-state index contributed by atoms with van der Waals surface area (Å²) in [6.07, 6.45) is -1.42. The van der Waals surface area contributed by atoms with E-state index < -0.39 is 34.5 Å². The van der Waals surface area contributed by atoms with Crippen LogP contribution in [-0.2, 0) is 6.42 Å². The molecule has 0 aromatic heterocycles. The first-order valence-electron chi connectivity index (χ1n) is 8.01. The van der Waals surface area contributed by atoms with Crippen LogP contribution in [-0.4, -0.2) is 11.0 Å². The van der Waals surface area contributed by atoms with Crippen LogP contribution in [0.15, 0.2) is 46.9 Å². The second-order valence-corrected chi connectivity index (χ2v) is 7.13. The number of nitrogens with zero attached hydrogens (tertiary/aromatic N) is 1. The summed E-state index contributed by atoms with van der Waals surface area (Å²) >= 11 is 3.45. The maximum Gasteiger partial charge on any atom is 0.257 e. The normalized spacial score (nSPS) is 18.8. The van der Waals surface area contributed by atoms with E-state index in [0.717, 1.165) is 9.86 Å². The molecule has 1 aliphatic rings. The Labute approximate surface area is 159 Å². The monoisotopic (exact) mass is 437 g/mol. The first-order chi connectivity index (χ1) is 12.9. The van der Waals surface area contributed by atoms with Crippen LogP contribution in [0.1, 0.15) is 17.2 Å². The standard InChI is InChI=1S/C19H11BrF3NO3/c20-13-5-9-6-17(24(25)26)19(12-7-15(22)16(23)8-14(12)21)27-18(9)11-4-2-1-3-10(11)13/h1-5,7-8,17,19H,6H2. The van der Waals surface area contributed by atoms with Gasteiger partial charge in [0.25, 0.3) is 6.04 Å². The maximum absolute atomic E-state index is 14.3. The third-order valence-corrected chi connectivity index (χ3v) is 5.32. The molecule has 0 aliphatic carbocycles. The van der Waals surface area contributed by atoms with Gasteiger partial charge in [0.15, 0.2) is 17.7 Å². The molecule has 0 radical (unpaired) electrons. The average molecular weight is 438 g/mol. The molecule has 2 unspecified atom stereocenters. The zero-order chi connectivity index (χ0) is 19.3. The van der Waals surface area contributed by atoms with Gasteiger partial charge in [-0.05, 0) is 17.5 Å². The van der Waals surface area contributed by atoms with Crippen LogP contribution in [0, 0.1) is 27.6 Å². The third kappa shape index (κ3) is 2.93. The van der Waals surface area contributed by atoms with Gasteiger partial charge in [0.2, 0.25) is 0 Å². The van der Waals surface area contributed by atoms with Crippen LogP contribution >= 0.6 is 15.9 Å². The Morgan fingerprint density at radius 1 is 1.04 bits per heavy atom. The van der Waals surface area contributed by atoms with Crippen molar-refractivity contribution in [3.8, 4) is 5.75 Å². The lowest BCUT2D eigenvalue weighted by molar-refractivity contribution is -0.535. The van der Waals surface area contributed by atoms with Gasteiger partial charge in [-0.3, -0.25) is 10.1 Å². The number of nitro groups is 1. The summed E-state index contributed by atoms with van der Waals surface area (Å²) in [5, 5.41) is 13.1. The van der Waals surface area contributed by atoms with Gasteiger partial charge in [0.1, 0.15) is 11.6 Å². The van der Waals surface area contributed by atoms with Crippen molar-refractivity contribution >= 4 is 26.7 Å². The fourth-order valence-electron chi connectivity index (χ4n) is 3.40. The third-order valence-electron chi connectivity index (χ3n) is 4.66. The van der Waals surface area contributed by atoms with Crippen LogP contribution in [0.25, 0.3) is 10.8 Å². The Bertz CT molecular complexity index is 1090. The van der Waals surface area contributed by atoms with Crippen LogP contribution in [0.4, 0.5) is 13.2 Å². The van der Waals surface area contributed by atoms with Crippen LogP contribution in [0.3, 0.4) is 0 Å². The van der Waals surface area contributed by atoms with Crippen molar-refractivity contribution in [1.29, 1.82) is 0 Å². The molecule has 0 N–H and O–H groups in total. The second-order valence-electron chi connectivity index (χ2n) is 6.28. The van der Waals surface area contributed by atoms with Crippen molar-refractivity contribution in [1.82, 2.24) is 0 Å². The number of fused-ring (bicyclic) bond motifs is 3. The van der Waals surface area contributed by atoms with E-state index in [1.165, 1.54) is 0 Å². The van der Waals surface area contributed by atoms with Crippen LogP contribution in [0.2, 0.25) is 0 Å². The van der Waals surface area contributed by atoms with E-state index in [0.29, 0.717) is 28.8 Å². The summed E-state index contributed by atoms with van der Waals surface area (Å²) < 4.78 is 47.8. The highest BCUT2D eigenvalue weighted by Crippen LogP contribution is 2.43. The molecule has 3 aromatic carbocycles. The van der Waals surface area contributed by atoms with Crippen molar-refractivity contribution < 1.29 is 22.8 Å². The number of rotatable bonds is 2. The van der Waals surface area contributed by atoms with Gasteiger partial charge in [-0.25, -0.2) is 13.2 Å². The Hall–Kier alpha value is -2.61. The molecular formula is C19H11BrF3NO3. The van der Waals surface area contributed by atoms with Crippen molar-refractivity contribution in [2.24, 2.45) is 0 Å². The lowest BCUT2D eigenvalue weighted by Gasteiger charge is -2.30. The minimum Gasteiger partial charge on any atom is -0.477 e. The Morgan fingerprint density at radius 3 is 2.41 bits per heavy atom. The first-order valence-corrected chi connectivity index (χ1v) is 8.81. The van der Waals surface area contributed by atoms with Gasteiger partial charge in [0.05, 0.1) is 0 Å². The van der Waals surface area contributed by atoms with Crippen LogP contribution < -0.4 is 4.74 Å². The minimum absolute atomic E-state index is 0.0329. The molecule has 0 saturated heterocycles. The molecule has 1 aliphatic heterocycles. The van der Waals surface area contributed by atoms with E-state index in [4.69, 9.17) is 4.74 Å². The van der Waals surface area contributed by atoms with Crippen molar-refractivity contribution in [3.63, 3.8) is 0 Å². The summed E-state index contributed by atoms with van der Waals surface area (Å²) in [5.74, 6) is -3.36. The molecule has 138 valence electrons. The van der Waals surface area contributed by atoms with Gasteiger partial charge >= 0.3 is 0 Å². The smallest absolute Gasteiger partial charge is 0.257 e.